The summed E-state index contributed by atoms with van der Waals surface area (Å²) in [5.74, 6) is 1.24. The Morgan fingerprint density at radius 3 is 2.32 bits per heavy atom. The van der Waals surface area contributed by atoms with E-state index < -0.39 is 23.8 Å². The predicted octanol–water partition coefficient (Wildman–Crippen LogP) is 2.83. The lowest BCUT2D eigenvalue weighted by molar-refractivity contribution is -0.139. The number of carbonyl (C=O) groups excluding carboxylic acids is 2. The summed E-state index contributed by atoms with van der Waals surface area (Å²) in [6, 6.07) is 6.27. The number of rotatable bonds is 6. The highest BCUT2D eigenvalue weighted by molar-refractivity contribution is 5.86. The Kier molecular flexibility index (Phi) is 7.30. The zero-order valence-corrected chi connectivity index (χ0v) is 18.9. The standard InChI is InChI=1S/C23H34N2O6/c1-23(2,3)31-22(28)25-14-6-8-19(25)21(27)24-13-5-7-18(24)20(26)15-30-17-11-9-16(29-4)10-12-17/h9-12,18-20,26H,5-8,13-15H2,1-4H3/t18-,19+,20?/m0/s1. The van der Waals surface area contributed by atoms with E-state index in [1.807, 2.05) is 20.8 Å². The van der Waals surface area contributed by atoms with Crippen molar-refractivity contribution in [2.75, 3.05) is 26.8 Å². The number of amides is 2. The molecule has 0 radical (unpaired) electrons. The van der Waals surface area contributed by atoms with E-state index in [9.17, 15) is 14.7 Å². The second kappa shape index (κ2) is 9.77. The van der Waals surface area contributed by atoms with Crippen molar-refractivity contribution in [1.82, 2.24) is 9.80 Å². The Morgan fingerprint density at radius 1 is 1.06 bits per heavy atom. The van der Waals surface area contributed by atoms with Crippen LogP contribution in [-0.4, -0.2) is 77.5 Å². The van der Waals surface area contributed by atoms with Crippen LogP contribution in [0, 0.1) is 0 Å². The van der Waals surface area contributed by atoms with Crippen LogP contribution in [0.4, 0.5) is 4.79 Å². The van der Waals surface area contributed by atoms with Crippen LogP contribution in [0.1, 0.15) is 46.5 Å². The number of aliphatic hydroxyl groups is 1. The number of nitrogens with zero attached hydrogens (tertiary/aromatic N) is 2. The van der Waals surface area contributed by atoms with E-state index in [1.54, 1.807) is 36.3 Å². The third-order valence-electron chi connectivity index (χ3n) is 5.67. The normalized spacial score (nSPS) is 22.4. The van der Waals surface area contributed by atoms with Gasteiger partial charge in [0.05, 0.1) is 13.2 Å². The van der Waals surface area contributed by atoms with Crippen molar-refractivity contribution in [3.8, 4) is 11.5 Å². The lowest BCUT2D eigenvalue weighted by Crippen LogP contribution is -2.53. The molecule has 0 aliphatic carbocycles. The second-order valence-corrected chi connectivity index (χ2v) is 9.13. The van der Waals surface area contributed by atoms with Crippen LogP contribution in [0.15, 0.2) is 24.3 Å². The Balaban J connectivity index is 1.60. The number of ether oxygens (including phenoxy) is 3. The van der Waals surface area contributed by atoms with Crippen LogP contribution in [0.3, 0.4) is 0 Å². The summed E-state index contributed by atoms with van der Waals surface area (Å²) in [7, 11) is 1.60. The van der Waals surface area contributed by atoms with Crippen molar-refractivity contribution >= 4 is 12.0 Å². The van der Waals surface area contributed by atoms with Gasteiger partial charge in [0.25, 0.3) is 0 Å². The predicted molar refractivity (Wildman–Crippen MR) is 115 cm³/mol. The summed E-state index contributed by atoms with van der Waals surface area (Å²) in [4.78, 5) is 29.1. The molecule has 2 heterocycles. The van der Waals surface area contributed by atoms with Crippen molar-refractivity contribution in [1.29, 1.82) is 0 Å². The molecule has 1 aromatic rings. The van der Waals surface area contributed by atoms with Gasteiger partial charge in [-0.3, -0.25) is 9.69 Å². The maximum atomic E-state index is 13.3. The van der Waals surface area contributed by atoms with Gasteiger partial charge in [0.1, 0.15) is 35.9 Å². The van der Waals surface area contributed by atoms with Gasteiger partial charge in [-0.2, -0.15) is 0 Å². The van der Waals surface area contributed by atoms with Crippen molar-refractivity contribution in [3.63, 3.8) is 0 Å². The van der Waals surface area contributed by atoms with E-state index in [1.165, 1.54) is 4.90 Å². The second-order valence-electron chi connectivity index (χ2n) is 9.13. The maximum Gasteiger partial charge on any atom is 0.410 e. The van der Waals surface area contributed by atoms with E-state index in [0.29, 0.717) is 31.7 Å². The Bertz CT molecular complexity index is 760. The summed E-state index contributed by atoms with van der Waals surface area (Å²) in [6.07, 6.45) is 1.62. The summed E-state index contributed by atoms with van der Waals surface area (Å²) < 4.78 is 16.3. The van der Waals surface area contributed by atoms with Gasteiger partial charge >= 0.3 is 6.09 Å². The molecule has 2 aliphatic rings. The zero-order valence-electron chi connectivity index (χ0n) is 18.9. The SMILES string of the molecule is COc1ccc(OCC(O)[C@@H]2CCCN2C(=O)[C@H]2CCCN2C(=O)OC(C)(C)C)cc1. The monoisotopic (exact) mass is 434 g/mol. The molecule has 0 bridgehead atoms. The molecule has 1 N–H and O–H groups in total. The lowest BCUT2D eigenvalue weighted by Gasteiger charge is -2.34. The molecule has 2 saturated heterocycles. The minimum Gasteiger partial charge on any atom is -0.497 e. The van der Waals surface area contributed by atoms with Gasteiger partial charge in [-0.15, -0.1) is 0 Å². The van der Waals surface area contributed by atoms with Crippen LogP contribution >= 0.6 is 0 Å². The fraction of sp³-hybridized carbons (Fsp3) is 0.652. The third-order valence-corrected chi connectivity index (χ3v) is 5.67. The Labute approximate surface area is 184 Å². The van der Waals surface area contributed by atoms with Crippen LogP contribution < -0.4 is 9.47 Å². The number of aliphatic hydroxyl groups excluding tert-OH is 1. The molecule has 2 amide bonds. The number of likely N-dealkylation sites (tertiary alicyclic amines) is 2. The molecule has 2 fully saturated rings. The fourth-order valence-electron chi connectivity index (χ4n) is 4.18. The van der Waals surface area contributed by atoms with Crippen molar-refractivity contribution < 1.29 is 28.9 Å². The smallest absolute Gasteiger partial charge is 0.410 e. The van der Waals surface area contributed by atoms with Gasteiger partial charge in [-0.05, 0) is 70.7 Å². The minimum atomic E-state index is -0.815. The number of methoxy groups -OCH3 is 1. The summed E-state index contributed by atoms with van der Waals surface area (Å²) in [5, 5.41) is 10.8. The van der Waals surface area contributed by atoms with Gasteiger partial charge in [0, 0.05) is 13.1 Å². The van der Waals surface area contributed by atoms with Crippen LogP contribution in [0.2, 0.25) is 0 Å². The number of hydrogen-bond acceptors (Lipinski definition) is 6. The molecule has 3 atom stereocenters. The van der Waals surface area contributed by atoms with Gasteiger partial charge in [-0.25, -0.2) is 4.79 Å². The number of hydrogen-bond donors (Lipinski definition) is 1. The molecule has 31 heavy (non-hydrogen) atoms. The first-order valence-electron chi connectivity index (χ1n) is 10.9. The largest absolute Gasteiger partial charge is 0.497 e. The first-order chi connectivity index (χ1) is 14.7. The maximum absolute atomic E-state index is 13.3. The molecular formula is C23H34N2O6. The summed E-state index contributed by atoms with van der Waals surface area (Å²) in [5.41, 5.74) is -0.613. The highest BCUT2D eigenvalue weighted by atomic mass is 16.6. The fourth-order valence-corrected chi connectivity index (χ4v) is 4.18. The van der Waals surface area contributed by atoms with Crippen molar-refractivity contribution in [2.45, 2.75) is 70.2 Å². The van der Waals surface area contributed by atoms with Crippen LogP contribution in [-0.2, 0) is 9.53 Å². The molecule has 8 nitrogen and oxygen atoms in total. The van der Waals surface area contributed by atoms with Crippen LogP contribution in [0.25, 0.3) is 0 Å². The Hall–Kier alpha value is -2.48. The van der Waals surface area contributed by atoms with Crippen LogP contribution in [0.5, 0.6) is 11.5 Å². The molecule has 172 valence electrons. The van der Waals surface area contributed by atoms with Crippen molar-refractivity contribution in [3.05, 3.63) is 24.3 Å². The molecule has 8 heteroatoms. The first kappa shape index (κ1) is 23.2. The molecule has 1 aromatic carbocycles. The van der Waals surface area contributed by atoms with E-state index in [0.717, 1.165) is 18.6 Å². The lowest BCUT2D eigenvalue weighted by atomic mass is 10.1. The number of benzene rings is 1. The minimum absolute atomic E-state index is 0.0845. The highest BCUT2D eigenvalue weighted by Crippen LogP contribution is 2.28. The topological polar surface area (TPSA) is 88.5 Å². The molecule has 0 saturated carbocycles. The van der Waals surface area contributed by atoms with Gasteiger partial charge in [0.2, 0.25) is 5.91 Å². The average molecular weight is 435 g/mol. The summed E-state index contributed by atoms with van der Waals surface area (Å²) >= 11 is 0. The quantitative estimate of drug-likeness (QED) is 0.741. The molecule has 0 aromatic heterocycles. The zero-order chi connectivity index (χ0) is 22.6. The molecule has 3 rings (SSSR count). The average Bonchev–Trinajstić information content (AvgIpc) is 3.40. The van der Waals surface area contributed by atoms with E-state index in [2.05, 4.69) is 0 Å². The third kappa shape index (κ3) is 5.81. The van der Waals surface area contributed by atoms with E-state index in [4.69, 9.17) is 14.2 Å². The highest BCUT2D eigenvalue weighted by Gasteiger charge is 2.43. The van der Waals surface area contributed by atoms with E-state index >= 15 is 0 Å². The molecule has 2 aliphatic heterocycles. The van der Waals surface area contributed by atoms with Crippen molar-refractivity contribution in [2.24, 2.45) is 0 Å². The first-order valence-corrected chi connectivity index (χ1v) is 10.9. The summed E-state index contributed by atoms with van der Waals surface area (Å²) in [6.45, 7) is 6.60. The van der Waals surface area contributed by atoms with Gasteiger partial charge in [0.15, 0.2) is 0 Å². The van der Waals surface area contributed by atoms with E-state index in [-0.39, 0.29) is 18.6 Å². The molecule has 0 spiro atoms. The molecular weight excluding hydrogens is 400 g/mol. The van der Waals surface area contributed by atoms with Gasteiger partial charge in [-0.1, -0.05) is 0 Å². The van der Waals surface area contributed by atoms with Gasteiger partial charge < -0.3 is 24.2 Å². The molecule has 1 unspecified atom stereocenters. The Morgan fingerprint density at radius 2 is 1.68 bits per heavy atom. The number of carbonyl (C=O) groups is 2.